The van der Waals surface area contributed by atoms with Crippen LogP contribution in [0.25, 0.3) is 0 Å². The van der Waals surface area contributed by atoms with Gasteiger partial charge in [0.2, 0.25) is 0 Å². The van der Waals surface area contributed by atoms with E-state index in [1.165, 1.54) is 12.8 Å². The van der Waals surface area contributed by atoms with Crippen molar-refractivity contribution in [2.75, 3.05) is 39.9 Å². The molecule has 2 aromatic rings. The summed E-state index contributed by atoms with van der Waals surface area (Å²) in [5.41, 5.74) is 2.16. The largest absolute Gasteiger partial charge is 0.497 e. The first-order chi connectivity index (χ1) is 13.2. The van der Waals surface area contributed by atoms with Crippen LogP contribution < -0.4 is 14.8 Å². The van der Waals surface area contributed by atoms with Gasteiger partial charge in [-0.1, -0.05) is 6.07 Å². The molecule has 1 aliphatic heterocycles. The topological polar surface area (TPSA) is 82.6 Å². The zero-order chi connectivity index (χ0) is 18.9. The monoisotopic (exact) mass is 374 g/mol. The van der Waals surface area contributed by atoms with Gasteiger partial charge in [0.05, 0.1) is 13.4 Å². The van der Waals surface area contributed by atoms with E-state index in [1.807, 2.05) is 24.4 Å². The van der Waals surface area contributed by atoms with Gasteiger partial charge in [0, 0.05) is 49.6 Å². The number of rotatable bonds is 11. The Bertz CT molecular complexity index is 672. The van der Waals surface area contributed by atoms with E-state index in [9.17, 15) is 5.11 Å². The normalized spacial score (nSPS) is 15.8. The van der Waals surface area contributed by atoms with E-state index < -0.39 is 6.10 Å². The molecule has 2 heterocycles. The number of hydrogen-bond donors (Lipinski definition) is 3. The molecular weight excluding hydrogens is 344 g/mol. The number of benzene rings is 1. The number of nitrogens with one attached hydrogen (secondary N) is 2. The standard InChI is InChI=1S/C20H30N4O3/c1-26-19-5-4-16(11-21-7-6-17-12-22-15-23-17)20(10-19)27-14-18(25)13-24-8-2-3-9-24/h4-5,10,12,15,18,21,25H,2-3,6-9,11,13-14H2,1H3,(H,22,23)/t18-/m1/s1. The molecule has 7 heteroatoms. The lowest BCUT2D eigenvalue weighted by Crippen LogP contribution is -2.33. The molecule has 0 bridgehead atoms. The van der Waals surface area contributed by atoms with Crippen LogP contribution >= 0.6 is 0 Å². The number of nitrogens with zero attached hydrogens (tertiary/aromatic N) is 2. The molecule has 0 unspecified atom stereocenters. The number of ether oxygens (including phenoxy) is 2. The van der Waals surface area contributed by atoms with E-state index in [4.69, 9.17) is 9.47 Å². The SMILES string of the molecule is COc1ccc(CNCCc2cnc[nH]2)c(OC[C@H](O)CN2CCCC2)c1. The summed E-state index contributed by atoms with van der Waals surface area (Å²) in [6.07, 6.45) is 6.37. The average molecular weight is 374 g/mol. The van der Waals surface area contributed by atoms with Crippen molar-refractivity contribution >= 4 is 0 Å². The molecule has 1 aliphatic rings. The molecule has 1 fully saturated rings. The van der Waals surface area contributed by atoms with E-state index >= 15 is 0 Å². The van der Waals surface area contributed by atoms with Gasteiger partial charge in [0.1, 0.15) is 24.2 Å². The van der Waals surface area contributed by atoms with Gasteiger partial charge in [-0.2, -0.15) is 0 Å². The molecule has 0 saturated carbocycles. The maximum absolute atomic E-state index is 10.3. The number of aromatic nitrogens is 2. The molecule has 148 valence electrons. The molecule has 27 heavy (non-hydrogen) atoms. The minimum atomic E-state index is -0.490. The van der Waals surface area contributed by atoms with E-state index in [1.54, 1.807) is 13.4 Å². The lowest BCUT2D eigenvalue weighted by molar-refractivity contribution is 0.0753. The van der Waals surface area contributed by atoms with Gasteiger partial charge in [0.15, 0.2) is 0 Å². The fraction of sp³-hybridized carbons (Fsp3) is 0.550. The zero-order valence-corrected chi connectivity index (χ0v) is 16.0. The molecular formula is C20H30N4O3. The van der Waals surface area contributed by atoms with Crippen molar-refractivity contribution in [2.24, 2.45) is 0 Å². The quantitative estimate of drug-likeness (QED) is 0.518. The summed E-state index contributed by atoms with van der Waals surface area (Å²) in [6, 6.07) is 5.82. The number of methoxy groups -OCH3 is 1. The summed E-state index contributed by atoms with van der Waals surface area (Å²) in [5, 5.41) is 13.7. The highest BCUT2D eigenvalue weighted by Crippen LogP contribution is 2.25. The van der Waals surface area contributed by atoms with E-state index in [0.717, 1.165) is 48.8 Å². The Morgan fingerprint density at radius 2 is 2.19 bits per heavy atom. The van der Waals surface area contributed by atoms with Crippen LogP contribution in [-0.2, 0) is 13.0 Å². The van der Waals surface area contributed by atoms with Crippen LogP contribution in [-0.4, -0.2) is 66.0 Å². The second-order valence-electron chi connectivity index (χ2n) is 6.95. The third-order valence-corrected chi connectivity index (χ3v) is 4.81. The predicted molar refractivity (Wildman–Crippen MR) is 104 cm³/mol. The summed E-state index contributed by atoms with van der Waals surface area (Å²) in [5.74, 6) is 1.50. The Kier molecular flexibility index (Phi) is 7.50. The average Bonchev–Trinajstić information content (AvgIpc) is 3.38. The predicted octanol–water partition coefficient (Wildman–Crippen LogP) is 1.59. The fourth-order valence-corrected chi connectivity index (χ4v) is 3.31. The van der Waals surface area contributed by atoms with Crippen LogP contribution in [0.5, 0.6) is 11.5 Å². The number of aliphatic hydroxyl groups excluding tert-OH is 1. The molecule has 1 atom stereocenters. The highest BCUT2D eigenvalue weighted by molar-refractivity contribution is 5.40. The maximum atomic E-state index is 10.3. The van der Waals surface area contributed by atoms with Crippen LogP contribution in [0.15, 0.2) is 30.7 Å². The molecule has 0 spiro atoms. The Labute approximate surface area is 160 Å². The summed E-state index contributed by atoms with van der Waals surface area (Å²) in [7, 11) is 1.64. The molecule has 1 saturated heterocycles. The first-order valence-corrected chi connectivity index (χ1v) is 9.62. The molecule has 3 N–H and O–H groups in total. The molecule has 0 amide bonds. The van der Waals surface area contributed by atoms with Crippen molar-refractivity contribution in [3.8, 4) is 11.5 Å². The van der Waals surface area contributed by atoms with Crippen molar-refractivity contribution in [2.45, 2.75) is 31.9 Å². The minimum Gasteiger partial charge on any atom is -0.497 e. The van der Waals surface area contributed by atoms with Crippen molar-refractivity contribution < 1.29 is 14.6 Å². The van der Waals surface area contributed by atoms with Crippen LogP contribution in [0, 0.1) is 0 Å². The summed E-state index contributed by atoms with van der Waals surface area (Å²) < 4.78 is 11.3. The van der Waals surface area contributed by atoms with Crippen molar-refractivity contribution in [1.82, 2.24) is 20.2 Å². The highest BCUT2D eigenvalue weighted by atomic mass is 16.5. The van der Waals surface area contributed by atoms with Gasteiger partial charge in [-0.15, -0.1) is 0 Å². The molecule has 7 nitrogen and oxygen atoms in total. The van der Waals surface area contributed by atoms with E-state index in [-0.39, 0.29) is 6.61 Å². The molecule has 0 radical (unpaired) electrons. The Morgan fingerprint density at radius 3 is 2.93 bits per heavy atom. The van der Waals surface area contributed by atoms with E-state index in [0.29, 0.717) is 13.1 Å². The second kappa shape index (κ2) is 10.3. The van der Waals surface area contributed by atoms with Gasteiger partial charge in [0.25, 0.3) is 0 Å². The number of aliphatic hydroxyl groups is 1. The Balaban J connectivity index is 1.50. The van der Waals surface area contributed by atoms with Crippen LogP contribution in [0.3, 0.4) is 0 Å². The fourth-order valence-electron chi connectivity index (χ4n) is 3.31. The minimum absolute atomic E-state index is 0.283. The van der Waals surface area contributed by atoms with Gasteiger partial charge in [-0.3, -0.25) is 0 Å². The Hall–Kier alpha value is -2.09. The third-order valence-electron chi connectivity index (χ3n) is 4.81. The first kappa shape index (κ1) is 19.7. The van der Waals surface area contributed by atoms with Crippen molar-refractivity contribution in [3.63, 3.8) is 0 Å². The number of hydrogen-bond acceptors (Lipinski definition) is 6. The highest BCUT2D eigenvalue weighted by Gasteiger charge is 2.17. The lowest BCUT2D eigenvalue weighted by atomic mass is 10.2. The molecule has 3 rings (SSSR count). The molecule has 1 aromatic heterocycles. The van der Waals surface area contributed by atoms with Gasteiger partial charge < -0.3 is 29.8 Å². The molecule has 1 aromatic carbocycles. The lowest BCUT2D eigenvalue weighted by Gasteiger charge is -2.20. The van der Waals surface area contributed by atoms with Gasteiger partial charge in [-0.05, 0) is 32.0 Å². The van der Waals surface area contributed by atoms with Crippen LogP contribution in [0.1, 0.15) is 24.1 Å². The number of imidazole rings is 1. The molecule has 0 aliphatic carbocycles. The van der Waals surface area contributed by atoms with Crippen LogP contribution in [0.4, 0.5) is 0 Å². The summed E-state index contributed by atoms with van der Waals surface area (Å²) in [4.78, 5) is 9.41. The van der Waals surface area contributed by atoms with E-state index in [2.05, 4.69) is 20.2 Å². The smallest absolute Gasteiger partial charge is 0.127 e. The van der Waals surface area contributed by atoms with Crippen LogP contribution in [0.2, 0.25) is 0 Å². The zero-order valence-electron chi connectivity index (χ0n) is 16.0. The summed E-state index contributed by atoms with van der Waals surface area (Å²) in [6.45, 7) is 4.62. The van der Waals surface area contributed by atoms with Gasteiger partial charge >= 0.3 is 0 Å². The second-order valence-corrected chi connectivity index (χ2v) is 6.95. The maximum Gasteiger partial charge on any atom is 0.127 e. The Morgan fingerprint density at radius 1 is 1.33 bits per heavy atom. The number of aromatic amines is 1. The van der Waals surface area contributed by atoms with Crippen molar-refractivity contribution in [3.05, 3.63) is 42.0 Å². The van der Waals surface area contributed by atoms with Crippen molar-refractivity contribution in [1.29, 1.82) is 0 Å². The number of likely N-dealkylation sites (tertiary alicyclic amines) is 1. The van der Waals surface area contributed by atoms with Gasteiger partial charge in [-0.25, -0.2) is 4.98 Å². The summed E-state index contributed by atoms with van der Waals surface area (Å²) >= 11 is 0. The number of H-pyrrole nitrogens is 1. The first-order valence-electron chi connectivity index (χ1n) is 9.62. The number of β-amino-alcohol motifs (C(OH)–C–C–N with tert-alkyl or cyclic N) is 1. The third kappa shape index (κ3) is 6.23.